The first-order valence-electron chi connectivity index (χ1n) is 9.74. The Balaban J connectivity index is 1.30. The lowest BCUT2D eigenvalue weighted by Crippen LogP contribution is -2.17. The van der Waals surface area contributed by atoms with Gasteiger partial charge in [-0.25, -0.2) is 0 Å². The summed E-state index contributed by atoms with van der Waals surface area (Å²) in [6, 6.07) is 8.75. The Morgan fingerprint density at radius 3 is 2.71 bits per heavy atom. The zero-order chi connectivity index (χ0) is 19.2. The molecule has 1 aliphatic heterocycles. The van der Waals surface area contributed by atoms with Crippen molar-refractivity contribution in [2.75, 3.05) is 30.4 Å². The maximum Gasteiger partial charge on any atom is 0.276 e. The van der Waals surface area contributed by atoms with Gasteiger partial charge in [0, 0.05) is 18.3 Å². The molecule has 1 aromatic heterocycles. The van der Waals surface area contributed by atoms with Crippen molar-refractivity contribution in [3.63, 3.8) is 0 Å². The SMILES string of the molecule is O=C(Nc1ccc2c(c1)OCCO2)c1ccc(NCCC2=CCCCC2)nn1. The van der Waals surface area contributed by atoms with Gasteiger partial charge in [0.1, 0.15) is 19.0 Å². The van der Waals surface area contributed by atoms with Crippen LogP contribution in [0.25, 0.3) is 0 Å². The number of benzene rings is 1. The van der Waals surface area contributed by atoms with E-state index in [1.54, 1.807) is 30.3 Å². The molecule has 1 aliphatic carbocycles. The molecule has 0 bridgehead atoms. The van der Waals surface area contributed by atoms with Crippen molar-refractivity contribution in [3.05, 3.63) is 47.7 Å². The highest BCUT2D eigenvalue weighted by Gasteiger charge is 2.14. The standard InChI is InChI=1S/C21H24N4O3/c26-21(23-16-6-8-18-19(14-16)28-13-12-27-18)17-7-9-20(25-24-17)22-11-10-15-4-2-1-3-5-15/h4,6-9,14H,1-3,5,10-13H2,(H,22,25)(H,23,26). The summed E-state index contributed by atoms with van der Waals surface area (Å²) < 4.78 is 11.0. The number of fused-ring (bicyclic) bond motifs is 1. The Morgan fingerprint density at radius 2 is 1.93 bits per heavy atom. The van der Waals surface area contributed by atoms with Crippen molar-refractivity contribution >= 4 is 17.4 Å². The van der Waals surface area contributed by atoms with Crippen LogP contribution in [0.1, 0.15) is 42.6 Å². The molecular weight excluding hydrogens is 356 g/mol. The molecule has 7 heteroatoms. The minimum absolute atomic E-state index is 0.260. The molecule has 0 spiro atoms. The quantitative estimate of drug-likeness (QED) is 0.742. The normalized spacial score (nSPS) is 15.5. The Labute approximate surface area is 164 Å². The molecule has 0 saturated heterocycles. The fraction of sp³-hybridized carbons (Fsp3) is 0.381. The molecule has 1 aromatic carbocycles. The van der Waals surface area contributed by atoms with E-state index >= 15 is 0 Å². The number of nitrogens with zero attached hydrogens (tertiary/aromatic N) is 2. The zero-order valence-electron chi connectivity index (χ0n) is 15.7. The summed E-state index contributed by atoms with van der Waals surface area (Å²) in [7, 11) is 0. The highest BCUT2D eigenvalue weighted by molar-refractivity contribution is 6.02. The Kier molecular flexibility index (Phi) is 5.70. The van der Waals surface area contributed by atoms with Gasteiger partial charge in [-0.2, -0.15) is 0 Å². The second-order valence-electron chi connectivity index (χ2n) is 6.90. The summed E-state index contributed by atoms with van der Waals surface area (Å²) in [5.74, 6) is 1.67. The lowest BCUT2D eigenvalue weighted by Gasteiger charge is -2.18. The van der Waals surface area contributed by atoms with E-state index in [4.69, 9.17) is 9.47 Å². The van der Waals surface area contributed by atoms with E-state index in [-0.39, 0.29) is 11.6 Å². The molecule has 2 N–H and O–H groups in total. The molecule has 0 atom stereocenters. The smallest absolute Gasteiger partial charge is 0.276 e. The van der Waals surface area contributed by atoms with E-state index in [1.807, 2.05) is 0 Å². The summed E-state index contributed by atoms with van der Waals surface area (Å²) in [6.45, 7) is 1.86. The molecule has 28 heavy (non-hydrogen) atoms. The van der Waals surface area contributed by atoms with Crippen molar-refractivity contribution < 1.29 is 14.3 Å². The molecule has 0 fully saturated rings. The van der Waals surface area contributed by atoms with Gasteiger partial charge in [-0.15, -0.1) is 10.2 Å². The third-order valence-electron chi connectivity index (χ3n) is 4.83. The van der Waals surface area contributed by atoms with E-state index in [9.17, 15) is 4.79 Å². The summed E-state index contributed by atoms with van der Waals surface area (Å²) in [4.78, 5) is 12.4. The van der Waals surface area contributed by atoms with Crippen LogP contribution in [0.5, 0.6) is 11.5 Å². The van der Waals surface area contributed by atoms with Gasteiger partial charge in [-0.1, -0.05) is 11.6 Å². The number of rotatable bonds is 6. The van der Waals surface area contributed by atoms with Crippen molar-refractivity contribution in [1.82, 2.24) is 10.2 Å². The number of anilines is 2. The number of nitrogens with one attached hydrogen (secondary N) is 2. The Hall–Kier alpha value is -3.09. The number of carbonyl (C=O) groups is 1. The van der Waals surface area contributed by atoms with Gasteiger partial charge < -0.3 is 20.1 Å². The summed E-state index contributed by atoms with van der Waals surface area (Å²) in [6.07, 6.45) is 8.36. The fourth-order valence-corrected chi connectivity index (χ4v) is 3.35. The Morgan fingerprint density at radius 1 is 1.04 bits per heavy atom. The van der Waals surface area contributed by atoms with E-state index in [0.29, 0.717) is 36.2 Å². The number of aromatic nitrogens is 2. The predicted octanol–water partition coefficient (Wildman–Crippen LogP) is 3.80. The van der Waals surface area contributed by atoms with Crippen LogP contribution in [0.15, 0.2) is 42.0 Å². The van der Waals surface area contributed by atoms with Gasteiger partial charge >= 0.3 is 0 Å². The van der Waals surface area contributed by atoms with Gasteiger partial charge in [0.2, 0.25) is 0 Å². The van der Waals surface area contributed by atoms with Crippen LogP contribution in [-0.4, -0.2) is 35.9 Å². The molecule has 146 valence electrons. The molecule has 2 aromatic rings. The highest BCUT2D eigenvalue weighted by atomic mass is 16.6. The highest BCUT2D eigenvalue weighted by Crippen LogP contribution is 2.32. The molecule has 2 aliphatic rings. The van der Waals surface area contributed by atoms with Crippen molar-refractivity contribution in [2.24, 2.45) is 0 Å². The maximum atomic E-state index is 12.4. The van der Waals surface area contributed by atoms with Crippen molar-refractivity contribution in [1.29, 1.82) is 0 Å². The van der Waals surface area contributed by atoms with Crippen molar-refractivity contribution in [2.45, 2.75) is 32.1 Å². The molecule has 2 heterocycles. The van der Waals surface area contributed by atoms with Crippen LogP contribution in [-0.2, 0) is 0 Å². The third-order valence-corrected chi connectivity index (χ3v) is 4.83. The summed E-state index contributed by atoms with van der Waals surface area (Å²) in [5, 5.41) is 14.2. The lowest BCUT2D eigenvalue weighted by atomic mass is 9.97. The molecule has 0 unspecified atom stereocenters. The second kappa shape index (κ2) is 8.73. The van der Waals surface area contributed by atoms with Crippen LogP contribution < -0.4 is 20.1 Å². The minimum atomic E-state index is -0.317. The number of ether oxygens (including phenoxy) is 2. The van der Waals surface area contributed by atoms with Crippen LogP contribution in [0.4, 0.5) is 11.5 Å². The zero-order valence-corrected chi connectivity index (χ0v) is 15.7. The first-order valence-corrected chi connectivity index (χ1v) is 9.74. The molecule has 0 saturated carbocycles. The first-order chi connectivity index (χ1) is 13.8. The lowest BCUT2D eigenvalue weighted by molar-refractivity contribution is 0.102. The van der Waals surface area contributed by atoms with Gasteiger partial charge in [-0.3, -0.25) is 4.79 Å². The van der Waals surface area contributed by atoms with E-state index < -0.39 is 0 Å². The van der Waals surface area contributed by atoms with Crippen LogP contribution in [0.2, 0.25) is 0 Å². The third kappa shape index (κ3) is 4.60. The van der Waals surface area contributed by atoms with Gasteiger partial charge in [0.05, 0.1) is 0 Å². The minimum Gasteiger partial charge on any atom is -0.486 e. The Bertz CT molecular complexity index is 864. The predicted molar refractivity (Wildman–Crippen MR) is 107 cm³/mol. The molecule has 1 amide bonds. The summed E-state index contributed by atoms with van der Waals surface area (Å²) in [5.41, 5.74) is 2.40. The maximum absolute atomic E-state index is 12.4. The molecular formula is C21H24N4O3. The largest absolute Gasteiger partial charge is 0.486 e. The topological polar surface area (TPSA) is 85.4 Å². The number of allylic oxidation sites excluding steroid dienone is 1. The van der Waals surface area contributed by atoms with Gasteiger partial charge in [0.15, 0.2) is 17.2 Å². The van der Waals surface area contributed by atoms with Crippen molar-refractivity contribution in [3.8, 4) is 11.5 Å². The summed E-state index contributed by atoms with van der Waals surface area (Å²) >= 11 is 0. The fourth-order valence-electron chi connectivity index (χ4n) is 3.35. The first kappa shape index (κ1) is 18.3. The molecule has 7 nitrogen and oxygen atoms in total. The number of carbonyl (C=O) groups excluding carboxylic acids is 1. The molecule has 0 radical (unpaired) electrons. The monoisotopic (exact) mass is 380 g/mol. The second-order valence-corrected chi connectivity index (χ2v) is 6.90. The molecule has 4 rings (SSSR count). The van der Waals surface area contributed by atoms with Gasteiger partial charge in [-0.05, 0) is 56.4 Å². The van der Waals surface area contributed by atoms with E-state index in [2.05, 4.69) is 26.9 Å². The van der Waals surface area contributed by atoms with Crippen LogP contribution in [0.3, 0.4) is 0 Å². The number of hydrogen-bond donors (Lipinski definition) is 2. The number of hydrogen-bond acceptors (Lipinski definition) is 6. The average Bonchev–Trinajstić information content (AvgIpc) is 2.75. The van der Waals surface area contributed by atoms with E-state index in [0.717, 1.165) is 13.0 Å². The van der Waals surface area contributed by atoms with Crippen LogP contribution >= 0.6 is 0 Å². The average molecular weight is 380 g/mol. The van der Waals surface area contributed by atoms with Gasteiger partial charge in [0.25, 0.3) is 5.91 Å². The number of amides is 1. The van der Waals surface area contributed by atoms with Crippen LogP contribution in [0, 0.1) is 0 Å². The van der Waals surface area contributed by atoms with E-state index in [1.165, 1.54) is 31.3 Å².